The van der Waals surface area contributed by atoms with Crippen molar-refractivity contribution in [2.75, 3.05) is 62.8 Å². The number of carbonyl (C=O) groups excluding carboxylic acids is 1. The smallest absolute Gasteiger partial charge is 0.318 e. The second-order valence-corrected chi connectivity index (χ2v) is 13.9. The SMILES string of the molecule is C=CC(=O)N1C[C@H](C)N(c2nc(OCC3(CN(C)C4CC4)COC3)nc3c2CCN(c2cccc4cccc(Cl)c24)C3)C[C@@H]1C. The summed E-state index contributed by atoms with van der Waals surface area (Å²) in [5.41, 5.74) is 3.19. The molecule has 0 bridgehead atoms. The predicted octanol–water partition coefficient (Wildman–Crippen LogP) is 4.95. The molecular weight excluding hydrogens is 588 g/mol. The number of benzene rings is 2. The monoisotopic (exact) mass is 630 g/mol. The molecule has 0 N–H and O–H groups in total. The van der Waals surface area contributed by atoms with Gasteiger partial charge in [0.2, 0.25) is 5.91 Å². The molecule has 7 rings (SSSR count). The van der Waals surface area contributed by atoms with Crippen LogP contribution in [0.3, 0.4) is 0 Å². The zero-order chi connectivity index (χ0) is 31.3. The molecule has 10 heteroatoms. The fraction of sp³-hybridized carbons (Fsp3) is 0.514. The summed E-state index contributed by atoms with van der Waals surface area (Å²) < 4.78 is 12.2. The maximum absolute atomic E-state index is 12.6. The Hall–Kier alpha value is -3.40. The number of nitrogens with zero attached hydrogens (tertiary/aromatic N) is 6. The lowest BCUT2D eigenvalue weighted by atomic mass is 9.86. The van der Waals surface area contributed by atoms with Gasteiger partial charge in [0.25, 0.3) is 0 Å². The maximum Gasteiger partial charge on any atom is 0.318 e. The van der Waals surface area contributed by atoms with Crippen LogP contribution in [0.5, 0.6) is 6.01 Å². The molecular formula is C35H43ClN6O3. The highest BCUT2D eigenvalue weighted by Gasteiger charge is 2.43. The first-order valence-electron chi connectivity index (χ1n) is 16.2. The topological polar surface area (TPSA) is 74.3 Å². The summed E-state index contributed by atoms with van der Waals surface area (Å²) in [5, 5.41) is 2.94. The van der Waals surface area contributed by atoms with Crippen molar-refractivity contribution in [3.05, 3.63) is 65.3 Å². The van der Waals surface area contributed by atoms with E-state index in [9.17, 15) is 4.79 Å². The minimum absolute atomic E-state index is 0.0213. The van der Waals surface area contributed by atoms with Gasteiger partial charge in [-0.15, -0.1) is 0 Å². The Morgan fingerprint density at radius 2 is 1.93 bits per heavy atom. The number of hydrogen-bond acceptors (Lipinski definition) is 8. The fourth-order valence-electron chi connectivity index (χ4n) is 7.28. The summed E-state index contributed by atoms with van der Waals surface area (Å²) in [6, 6.07) is 13.6. The molecule has 3 fully saturated rings. The highest BCUT2D eigenvalue weighted by atomic mass is 35.5. The number of aromatic nitrogens is 2. The van der Waals surface area contributed by atoms with Gasteiger partial charge in [0.1, 0.15) is 12.4 Å². The van der Waals surface area contributed by atoms with Crippen LogP contribution < -0.4 is 14.5 Å². The Morgan fingerprint density at radius 1 is 1.16 bits per heavy atom. The number of halogens is 1. The second-order valence-electron chi connectivity index (χ2n) is 13.5. The van der Waals surface area contributed by atoms with Crippen LogP contribution in [0.15, 0.2) is 49.1 Å². The molecule has 2 atom stereocenters. The molecule has 0 radical (unpaired) electrons. The standard InChI is InChI=1S/C35H43ClN6O3/c1-5-31(43)41-16-24(3)42(17-23(41)2)33-27-14-15-40(30-11-7-9-25-8-6-10-28(36)32(25)30)18-29(27)37-34(38-33)45-22-35(20-44-21-35)19-39(4)26-12-13-26/h5-11,23-24,26H,1,12-22H2,2-4H3/t23-,24-/m0/s1. The highest BCUT2D eigenvalue weighted by Crippen LogP contribution is 2.39. The lowest BCUT2D eigenvalue weighted by molar-refractivity contribution is -0.143. The summed E-state index contributed by atoms with van der Waals surface area (Å²) in [5.74, 6) is 0.890. The predicted molar refractivity (Wildman–Crippen MR) is 178 cm³/mol. The normalized spacial score (nSPS) is 22.7. The van der Waals surface area contributed by atoms with Crippen molar-refractivity contribution in [3.63, 3.8) is 0 Å². The first kappa shape index (κ1) is 30.3. The van der Waals surface area contributed by atoms with E-state index in [1.165, 1.54) is 18.9 Å². The van der Waals surface area contributed by atoms with Crippen molar-refractivity contribution < 1.29 is 14.3 Å². The van der Waals surface area contributed by atoms with Crippen LogP contribution in [0.4, 0.5) is 11.5 Å². The molecule has 1 saturated carbocycles. The minimum atomic E-state index is -0.0546. The van der Waals surface area contributed by atoms with Gasteiger partial charge in [0.15, 0.2) is 0 Å². The third-order valence-electron chi connectivity index (χ3n) is 9.99. The van der Waals surface area contributed by atoms with E-state index in [-0.39, 0.29) is 23.4 Å². The molecule has 9 nitrogen and oxygen atoms in total. The van der Waals surface area contributed by atoms with Gasteiger partial charge in [0.05, 0.1) is 35.9 Å². The number of rotatable bonds is 9. The summed E-state index contributed by atoms with van der Waals surface area (Å²) in [4.78, 5) is 31.8. The van der Waals surface area contributed by atoms with E-state index in [1.807, 2.05) is 17.0 Å². The van der Waals surface area contributed by atoms with E-state index >= 15 is 0 Å². The van der Waals surface area contributed by atoms with Gasteiger partial charge in [-0.25, -0.2) is 0 Å². The molecule has 3 aliphatic heterocycles. The number of anilines is 2. The van der Waals surface area contributed by atoms with Crippen LogP contribution in [0.2, 0.25) is 5.02 Å². The van der Waals surface area contributed by atoms with E-state index < -0.39 is 0 Å². The zero-order valence-corrected chi connectivity index (χ0v) is 27.3. The Balaban J connectivity index is 1.21. The third kappa shape index (κ3) is 5.86. The first-order chi connectivity index (χ1) is 21.7. The van der Waals surface area contributed by atoms with Gasteiger partial charge in [-0.1, -0.05) is 42.4 Å². The van der Waals surface area contributed by atoms with Gasteiger partial charge >= 0.3 is 6.01 Å². The average Bonchev–Trinajstić information content (AvgIpc) is 3.88. The quantitative estimate of drug-likeness (QED) is 0.308. The maximum atomic E-state index is 12.6. The van der Waals surface area contributed by atoms with Crippen molar-refractivity contribution in [2.45, 2.75) is 57.8 Å². The van der Waals surface area contributed by atoms with Crippen LogP contribution in [0, 0.1) is 5.41 Å². The van der Waals surface area contributed by atoms with Crippen LogP contribution in [0.1, 0.15) is 37.9 Å². The Bertz CT molecular complexity index is 1600. The molecule has 1 aromatic heterocycles. The van der Waals surface area contributed by atoms with Crippen LogP contribution in [0.25, 0.3) is 10.8 Å². The second kappa shape index (κ2) is 12.1. The van der Waals surface area contributed by atoms with Gasteiger partial charge in [0, 0.05) is 60.9 Å². The average molecular weight is 631 g/mol. The van der Waals surface area contributed by atoms with Crippen LogP contribution in [-0.4, -0.2) is 96.8 Å². The molecule has 45 heavy (non-hydrogen) atoms. The Labute approximate surface area is 270 Å². The third-order valence-corrected chi connectivity index (χ3v) is 10.3. The van der Waals surface area contributed by atoms with Crippen molar-refractivity contribution in [1.29, 1.82) is 0 Å². The number of ether oxygens (including phenoxy) is 2. The summed E-state index contributed by atoms with van der Waals surface area (Å²) in [6.07, 6.45) is 4.74. The summed E-state index contributed by atoms with van der Waals surface area (Å²) in [7, 11) is 2.21. The fourth-order valence-corrected chi connectivity index (χ4v) is 7.56. The zero-order valence-electron chi connectivity index (χ0n) is 26.5. The van der Waals surface area contributed by atoms with E-state index in [0.717, 1.165) is 58.1 Å². The van der Waals surface area contributed by atoms with Gasteiger partial charge in [-0.05, 0) is 63.8 Å². The molecule has 238 valence electrons. The Kier molecular flexibility index (Phi) is 8.12. The van der Waals surface area contributed by atoms with E-state index in [4.69, 9.17) is 31.0 Å². The van der Waals surface area contributed by atoms with Gasteiger partial charge < -0.3 is 29.1 Å². The summed E-state index contributed by atoms with van der Waals surface area (Å²) >= 11 is 6.74. The van der Waals surface area contributed by atoms with Gasteiger partial charge in [-0.2, -0.15) is 9.97 Å². The Morgan fingerprint density at radius 3 is 2.64 bits per heavy atom. The number of fused-ring (bicyclic) bond motifs is 2. The first-order valence-corrected chi connectivity index (χ1v) is 16.6. The van der Waals surface area contributed by atoms with Crippen LogP contribution in [-0.2, 0) is 22.5 Å². The molecule has 1 amide bonds. The lowest BCUT2D eigenvalue weighted by Gasteiger charge is -2.45. The van der Waals surface area contributed by atoms with Crippen molar-refractivity contribution in [2.24, 2.45) is 5.41 Å². The molecule has 2 saturated heterocycles. The van der Waals surface area contributed by atoms with Gasteiger partial charge in [-0.3, -0.25) is 4.79 Å². The highest BCUT2D eigenvalue weighted by molar-refractivity contribution is 6.36. The number of hydrogen-bond donors (Lipinski definition) is 0. The number of piperazine rings is 1. The van der Waals surface area contributed by atoms with Crippen molar-refractivity contribution in [3.8, 4) is 6.01 Å². The molecule has 4 aliphatic rings. The lowest BCUT2D eigenvalue weighted by Crippen LogP contribution is -2.58. The minimum Gasteiger partial charge on any atom is -0.463 e. The van der Waals surface area contributed by atoms with E-state index in [1.54, 1.807) is 0 Å². The molecule has 0 unspecified atom stereocenters. The molecule has 4 heterocycles. The van der Waals surface area contributed by atoms with Crippen molar-refractivity contribution in [1.82, 2.24) is 19.8 Å². The van der Waals surface area contributed by atoms with E-state index in [0.29, 0.717) is 51.5 Å². The molecule has 0 spiro atoms. The van der Waals surface area contributed by atoms with Crippen LogP contribution >= 0.6 is 11.6 Å². The molecule has 1 aliphatic carbocycles. The van der Waals surface area contributed by atoms with E-state index in [2.05, 4.69) is 66.4 Å². The molecule has 3 aromatic rings. The largest absolute Gasteiger partial charge is 0.463 e. The molecule has 2 aromatic carbocycles. The number of amides is 1. The van der Waals surface area contributed by atoms with Crippen molar-refractivity contribution >= 4 is 39.8 Å². The summed E-state index contributed by atoms with van der Waals surface area (Å²) in [6.45, 7) is 13.5. The number of carbonyl (C=O) groups is 1.